The van der Waals surface area contributed by atoms with Crippen molar-refractivity contribution in [2.75, 3.05) is 12.9 Å². The number of hydrogen-bond acceptors (Lipinski definition) is 5. The van der Waals surface area contributed by atoms with E-state index in [2.05, 4.69) is 0 Å². The van der Waals surface area contributed by atoms with Gasteiger partial charge >= 0.3 is 0 Å². The topological polar surface area (TPSA) is 27.7 Å². The maximum absolute atomic E-state index is 5.54. The zero-order chi connectivity index (χ0) is 8.55. The molecule has 5 heteroatoms. The second kappa shape index (κ2) is 3.49. The van der Waals surface area contributed by atoms with E-state index in [1.807, 2.05) is 0 Å². The van der Waals surface area contributed by atoms with Gasteiger partial charge < -0.3 is 14.2 Å². The van der Waals surface area contributed by atoms with E-state index in [4.69, 9.17) is 26.4 Å². The quantitative estimate of drug-likeness (QED) is 0.600. The van der Waals surface area contributed by atoms with Gasteiger partial charge in [-0.1, -0.05) is 11.8 Å². The summed E-state index contributed by atoms with van der Waals surface area (Å²) in [5.74, 6) is 0.892. The van der Waals surface area contributed by atoms with Crippen LogP contribution in [0, 0.1) is 0 Å². The summed E-state index contributed by atoms with van der Waals surface area (Å²) < 4.78 is 16.7. The van der Waals surface area contributed by atoms with Gasteiger partial charge in [-0.05, 0) is 12.2 Å². The van der Waals surface area contributed by atoms with Crippen LogP contribution >= 0.6 is 24.0 Å². The van der Waals surface area contributed by atoms with E-state index in [9.17, 15) is 0 Å². The molecule has 0 unspecified atom stereocenters. The second-order valence-corrected chi connectivity index (χ2v) is 4.41. The van der Waals surface area contributed by atoms with Crippen molar-refractivity contribution in [1.29, 1.82) is 0 Å². The van der Waals surface area contributed by atoms with E-state index in [0.717, 1.165) is 12.2 Å². The second-order valence-electron chi connectivity index (χ2n) is 2.79. The highest BCUT2D eigenvalue weighted by molar-refractivity contribution is 8.22. The molecule has 0 amide bonds. The first-order chi connectivity index (χ1) is 5.79. The molecule has 2 aliphatic heterocycles. The molecule has 0 aromatic rings. The standard InChI is InChI=1S/C7H10O3S2/c1-8-6-2-4-5(9-6)3-12-7(11)10-4/h4-6H,2-3H2,1H3/t4-,5+,6-/m0/s1. The van der Waals surface area contributed by atoms with Gasteiger partial charge in [0, 0.05) is 19.3 Å². The fourth-order valence-corrected chi connectivity index (χ4v) is 2.52. The van der Waals surface area contributed by atoms with Crippen LogP contribution in [0.1, 0.15) is 6.42 Å². The van der Waals surface area contributed by atoms with E-state index in [0.29, 0.717) is 4.38 Å². The number of hydrogen-bond donors (Lipinski definition) is 0. The van der Waals surface area contributed by atoms with E-state index in [1.54, 1.807) is 7.11 Å². The molecule has 0 radical (unpaired) electrons. The number of methoxy groups -OCH3 is 1. The Kier molecular flexibility index (Phi) is 2.55. The molecule has 3 atom stereocenters. The summed E-state index contributed by atoms with van der Waals surface area (Å²) >= 11 is 6.48. The molecular weight excluding hydrogens is 196 g/mol. The third-order valence-electron chi connectivity index (χ3n) is 2.04. The average Bonchev–Trinajstić information content (AvgIpc) is 2.46. The Morgan fingerprint density at radius 2 is 2.42 bits per heavy atom. The van der Waals surface area contributed by atoms with Crippen LogP contribution in [-0.2, 0) is 14.2 Å². The Labute approximate surface area is 80.7 Å². The van der Waals surface area contributed by atoms with Crippen molar-refractivity contribution in [1.82, 2.24) is 0 Å². The zero-order valence-corrected chi connectivity index (χ0v) is 8.32. The van der Waals surface area contributed by atoms with Crippen LogP contribution < -0.4 is 0 Å². The largest absolute Gasteiger partial charge is 0.472 e. The lowest BCUT2D eigenvalue weighted by Gasteiger charge is -2.24. The van der Waals surface area contributed by atoms with Crippen LogP contribution in [0.5, 0.6) is 0 Å². The molecule has 12 heavy (non-hydrogen) atoms. The first-order valence-corrected chi connectivity index (χ1v) is 5.20. The molecule has 0 bridgehead atoms. The predicted octanol–water partition coefficient (Wildman–Crippen LogP) is 1.16. The fraction of sp³-hybridized carbons (Fsp3) is 0.857. The molecule has 68 valence electrons. The first-order valence-electron chi connectivity index (χ1n) is 3.81. The molecule has 2 aliphatic rings. The molecule has 2 heterocycles. The van der Waals surface area contributed by atoms with Gasteiger partial charge in [0.05, 0.1) is 0 Å². The van der Waals surface area contributed by atoms with E-state index in [-0.39, 0.29) is 18.5 Å². The molecule has 2 saturated heterocycles. The van der Waals surface area contributed by atoms with Gasteiger partial charge in [0.15, 0.2) is 6.29 Å². The number of thiocarbonyl (C=S) groups is 1. The summed E-state index contributed by atoms with van der Waals surface area (Å²) in [6.07, 6.45) is 0.957. The van der Waals surface area contributed by atoms with Crippen LogP contribution in [0.2, 0.25) is 0 Å². The maximum Gasteiger partial charge on any atom is 0.220 e. The van der Waals surface area contributed by atoms with Gasteiger partial charge in [-0.3, -0.25) is 0 Å². The Morgan fingerprint density at radius 3 is 3.17 bits per heavy atom. The molecule has 0 N–H and O–H groups in total. The summed E-state index contributed by atoms with van der Waals surface area (Å²) in [5, 5.41) is 0. The molecule has 0 aliphatic carbocycles. The number of fused-ring (bicyclic) bond motifs is 1. The Hall–Kier alpha value is 0.160. The van der Waals surface area contributed by atoms with Crippen LogP contribution in [0.4, 0.5) is 0 Å². The molecule has 3 nitrogen and oxygen atoms in total. The van der Waals surface area contributed by atoms with Crippen LogP contribution in [0.3, 0.4) is 0 Å². The lowest BCUT2D eigenvalue weighted by Crippen LogP contribution is -2.32. The third kappa shape index (κ3) is 1.59. The van der Waals surface area contributed by atoms with Gasteiger partial charge in [0.2, 0.25) is 4.38 Å². The summed E-state index contributed by atoms with van der Waals surface area (Å²) in [4.78, 5) is 0. The van der Waals surface area contributed by atoms with E-state index >= 15 is 0 Å². The first kappa shape index (κ1) is 8.74. The molecule has 0 aromatic carbocycles. The minimum Gasteiger partial charge on any atom is -0.472 e. The van der Waals surface area contributed by atoms with Crippen molar-refractivity contribution < 1.29 is 14.2 Å². The van der Waals surface area contributed by atoms with Crippen molar-refractivity contribution in [2.24, 2.45) is 0 Å². The van der Waals surface area contributed by atoms with E-state index < -0.39 is 0 Å². The molecule has 2 fully saturated rings. The van der Waals surface area contributed by atoms with Crippen molar-refractivity contribution >= 4 is 28.4 Å². The molecule has 2 rings (SSSR count). The van der Waals surface area contributed by atoms with E-state index in [1.165, 1.54) is 11.8 Å². The fourth-order valence-electron chi connectivity index (χ4n) is 1.41. The maximum atomic E-state index is 5.54. The summed E-state index contributed by atoms with van der Waals surface area (Å²) in [5.41, 5.74) is 0. The Bertz CT molecular complexity index is 197. The number of ether oxygens (including phenoxy) is 3. The third-order valence-corrected chi connectivity index (χ3v) is 3.32. The smallest absolute Gasteiger partial charge is 0.220 e. The Balaban J connectivity index is 1.97. The van der Waals surface area contributed by atoms with Gasteiger partial charge in [-0.25, -0.2) is 0 Å². The van der Waals surface area contributed by atoms with Crippen LogP contribution in [0.15, 0.2) is 0 Å². The van der Waals surface area contributed by atoms with Crippen LogP contribution in [-0.4, -0.2) is 35.7 Å². The minimum atomic E-state index is -0.110. The number of rotatable bonds is 1. The molecule has 0 saturated carbocycles. The highest BCUT2D eigenvalue weighted by Gasteiger charge is 2.40. The summed E-state index contributed by atoms with van der Waals surface area (Å²) in [7, 11) is 1.65. The monoisotopic (exact) mass is 206 g/mol. The average molecular weight is 206 g/mol. The van der Waals surface area contributed by atoms with Gasteiger partial charge in [-0.15, -0.1) is 0 Å². The summed E-state index contributed by atoms with van der Waals surface area (Å²) in [6.45, 7) is 0. The van der Waals surface area contributed by atoms with Crippen molar-refractivity contribution in [3.05, 3.63) is 0 Å². The predicted molar refractivity (Wildman–Crippen MR) is 50.2 cm³/mol. The van der Waals surface area contributed by atoms with Crippen molar-refractivity contribution in [2.45, 2.75) is 24.9 Å². The van der Waals surface area contributed by atoms with Gasteiger partial charge in [-0.2, -0.15) is 0 Å². The summed E-state index contributed by atoms with van der Waals surface area (Å²) in [6, 6.07) is 0. The minimum absolute atomic E-state index is 0.110. The van der Waals surface area contributed by atoms with Gasteiger partial charge in [0.25, 0.3) is 0 Å². The highest BCUT2D eigenvalue weighted by atomic mass is 32.2. The number of thioether (sulfide) groups is 1. The molecular formula is C7H10O3S2. The lowest BCUT2D eigenvalue weighted by atomic mass is 10.2. The zero-order valence-electron chi connectivity index (χ0n) is 6.69. The van der Waals surface area contributed by atoms with Crippen molar-refractivity contribution in [3.63, 3.8) is 0 Å². The Morgan fingerprint density at radius 1 is 1.58 bits per heavy atom. The normalized spacial score (nSPS) is 40.8. The SMILES string of the molecule is CO[C@@H]1C[C@@H]2OC(=S)SC[C@H]2O1. The lowest BCUT2D eigenvalue weighted by molar-refractivity contribution is -0.111. The van der Waals surface area contributed by atoms with Gasteiger partial charge in [0.1, 0.15) is 12.2 Å². The van der Waals surface area contributed by atoms with Crippen molar-refractivity contribution in [3.8, 4) is 0 Å². The van der Waals surface area contributed by atoms with Crippen LogP contribution in [0.25, 0.3) is 0 Å². The molecule has 0 aromatic heterocycles. The highest BCUT2D eigenvalue weighted by Crippen LogP contribution is 2.32. The molecule has 0 spiro atoms.